The quantitative estimate of drug-likeness (QED) is 0.599. The number of carbonyl (C=O) groups excluding carboxylic acids is 1. The number of rotatable bonds is 7. The van der Waals surface area contributed by atoms with Crippen LogP contribution >= 0.6 is 23.4 Å². The first-order valence-corrected chi connectivity index (χ1v) is 8.90. The largest absolute Gasteiger partial charge is 0.383 e. The van der Waals surface area contributed by atoms with Gasteiger partial charge >= 0.3 is 0 Å². The van der Waals surface area contributed by atoms with Crippen molar-refractivity contribution < 1.29 is 9.53 Å². The van der Waals surface area contributed by atoms with Crippen LogP contribution in [0, 0.1) is 0 Å². The standard InChI is InChI=1S/C16H20ClN3O3S/c1-10(2)18-14(21)9-24-16-19-13-8-11(17)4-5-12(13)15(22)20(16)6-7-23-3/h4-5,8,10H,6-7,9H2,1-3H3,(H,18,21). The van der Waals surface area contributed by atoms with Gasteiger partial charge in [-0.25, -0.2) is 4.98 Å². The van der Waals surface area contributed by atoms with Crippen molar-refractivity contribution >= 4 is 40.2 Å². The van der Waals surface area contributed by atoms with E-state index in [1.165, 1.54) is 16.3 Å². The Kier molecular flexibility index (Phi) is 6.65. The molecule has 2 aromatic rings. The average Bonchev–Trinajstić information content (AvgIpc) is 2.51. The number of benzene rings is 1. The number of hydrogen-bond acceptors (Lipinski definition) is 5. The Hall–Kier alpha value is -1.57. The number of ether oxygens (including phenoxy) is 1. The van der Waals surface area contributed by atoms with Crippen molar-refractivity contribution in [1.29, 1.82) is 0 Å². The van der Waals surface area contributed by atoms with E-state index in [2.05, 4.69) is 10.3 Å². The first-order chi connectivity index (χ1) is 11.4. The number of aromatic nitrogens is 2. The second-order valence-corrected chi connectivity index (χ2v) is 6.90. The molecule has 0 bridgehead atoms. The van der Waals surface area contributed by atoms with Gasteiger partial charge in [0.15, 0.2) is 5.16 Å². The topological polar surface area (TPSA) is 73.2 Å². The van der Waals surface area contributed by atoms with Gasteiger partial charge in [-0.1, -0.05) is 23.4 Å². The van der Waals surface area contributed by atoms with Gasteiger partial charge in [-0.2, -0.15) is 0 Å². The van der Waals surface area contributed by atoms with E-state index in [1.807, 2.05) is 13.8 Å². The number of nitrogens with zero attached hydrogens (tertiary/aromatic N) is 2. The first kappa shape index (κ1) is 18.8. The van der Waals surface area contributed by atoms with Crippen molar-refractivity contribution in [2.45, 2.75) is 31.6 Å². The molecule has 1 N–H and O–H groups in total. The molecule has 24 heavy (non-hydrogen) atoms. The Labute approximate surface area is 149 Å². The van der Waals surface area contributed by atoms with Gasteiger partial charge in [-0.15, -0.1) is 0 Å². The molecule has 0 fully saturated rings. The SMILES string of the molecule is COCCn1c(SCC(=O)NC(C)C)nc2cc(Cl)ccc2c1=O. The molecule has 0 spiro atoms. The van der Waals surface area contributed by atoms with Crippen LogP contribution in [-0.2, 0) is 16.1 Å². The second-order valence-electron chi connectivity index (χ2n) is 5.52. The summed E-state index contributed by atoms with van der Waals surface area (Å²) in [6.07, 6.45) is 0. The number of amides is 1. The Bertz CT molecular complexity index is 792. The fourth-order valence-electron chi connectivity index (χ4n) is 2.16. The number of thioether (sulfide) groups is 1. The van der Waals surface area contributed by atoms with Gasteiger partial charge in [0.05, 0.1) is 29.8 Å². The van der Waals surface area contributed by atoms with Crippen molar-refractivity contribution in [3.05, 3.63) is 33.6 Å². The number of nitrogens with one attached hydrogen (secondary N) is 1. The molecule has 0 aliphatic heterocycles. The highest BCUT2D eigenvalue weighted by Gasteiger charge is 2.14. The summed E-state index contributed by atoms with van der Waals surface area (Å²) in [6, 6.07) is 5.04. The van der Waals surface area contributed by atoms with Crippen molar-refractivity contribution in [2.75, 3.05) is 19.5 Å². The van der Waals surface area contributed by atoms with E-state index < -0.39 is 0 Å². The zero-order valence-corrected chi connectivity index (χ0v) is 15.4. The molecule has 1 heterocycles. The lowest BCUT2D eigenvalue weighted by atomic mass is 10.2. The van der Waals surface area contributed by atoms with E-state index in [0.29, 0.717) is 34.2 Å². The maximum atomic E-state index is 12.7. The minimum atomic E-state index is -0.166. The van der Waals surface area contributed by atoms with Crippen molar-refractivity contribution in [2.24, 2.45) is 0 Å². The molecule has 1 aromatic carbocycles. The van der Waals surface area contributed by atoms with Crippen LogP contribution in [0.25, 0.3) is 10.9 Å². The highest BCUT2D eigenvalue weighted by Crippen LogP contribution is 2.20. The van der Waals surface area contributed by atoms with Crippen LogP contribution in [0.5, 0.6) is 0 Å². The van der Waals surface area contributed by atoms with Gasteiger partial charge in [0.1, 0.15) is 0 Å². The molecule has 130 valence electrons. The fourth-order valence-corrected chi connectivity index (χ4v) is 3.16. The molecular formula is C16H20ClN3O3S. The number of halogens is 1. The van der Waals surface area contributed by atoms with Crippen LogP contribution < -0.4 is 10.9 Å². The van der Waals surface area contributed by atoms with E-state index in [0.717, 1.165) is 0 Å². The molecule has 0 unspecified atom stereocenters. The van der Waals surface area contributed by atoms with E-state index >= 15 is 0 Å². The summed E-state index contributed by atoms with van der Waals surface area (Å²) in [5.41, 5.74) is 0.355. The van der Waals surface area contributed by atoms with Crippen LogP contribution in [0.2, 0.25) is 5.02 Å². The number of hydrogen-bond donors (Lipinski definition) is 1. The van der Waals surface area contributed by atoms with Gasteiger partial charge in [0, 0.05) is 18.2 Å². The van der Waals surface area contributed by atoms with Gasteiger partial charge in [-0.05, 0) is 32.0 Å². The Morgan fingerprint density at radius 3 is 2.88 bits per heavy atom. The predicted molar refractivity (Wildman–Crippen MR) is 96.9 cm³/mol. The first-order valence-electron chi connectivity index (χ1n) is 7.53. The minimum absolute atomic E-state index is 0.0668. The second kappa shape index (κ2) is 8.50. The Morgan fingerprint density at radius 2 is 2.21 bits per heavy atom. The zero-order valence-electron chi connectivity index (χ0n) is 13.8. The molecule has 2 rings (SSSR count). The lowest BCUT2D eigenvalue weighted by Gasteiger charge is -2.13. The zero-order chi connectivity index (χ0) is 17.7. The van der Waals surface area contributed by atoms with E-state index in [-0.39, 0.29) is 23.3 Å². The maximum Gasteiger partial charge on any atom is 0.262 e. The summed E-state index contributed by atoms with van der Waals surface area (Å²) in [4.78, 5) is 29.1. The lowest BCUT2D eigenvalue weighted by molar-refractivity contribution is -0.119. The normalized spacial score (nSPS) is 11.2. The lowest BCUT2D eigenvalue weighted by Crippen LogP contribution is -2.32. The van der Waals surface area contributed by atoms with Gasteiger partial charge in [0.25, 0.3) is 5.56 Å². The summed E-state index contributed by atoms with van der Waals surface area (Å²) in [6.45, 7) is 4.54. The predicted octanol–water partition coefficient (Wildman–Crippen LogP) is 2.31. The molecule has 0 atom stereocenters. The average molecular weight is 370 g/mol. The number of fused-ring (bicyclic) bond motifs is 1. The summed E-state index contributed by atoms with van der Waals surface area (Å²) in [5.74, 6) is 0.0812. The molecular weight excluding hydrogens is 350 g/mol. The molecule has 0 aliphatic carbocycles. The summed E-state index contributed by atoms with van der Waals surface area (Å²) in [5, 5.41) is 4.30. The minimum Gasteiger partial charge on any atom is -0.383 e. The molecule has 1 amide bonds. The number of carbonyl (C=O) groups is 1. The summed E-state index contributed by atoms with van der Waals surface area (Å²) < 4.78 is 6.60. The van der Waals surface area contributed by atoms with Crippen LogP contribution in [0.15, 0.2) is 28.2 Å². The fraction of sp³-hybridized carbons (Fsp3) is 0.438. The highest BCUT2D eigenvalue weighted by atomic mass is 35.5. The van der Waals surface area contributed by atoms with Crippen molar-refractivity contribution in [3.8, 4) is 0 Å². The Balaban J connectivity index is 2.37. The van der Waals surface area contributed by atoms with E-state index in [9.17, 15) is 9.59 Å². The van der Waals surface area contributed by atoms with Crippen LogP contribution in [-0.4, -0.2) is 41.0 Å². The van der Waals surface area contributed by atoms with Gasteiger partial charge in [-0.3, -0.25) is 14.2 Å². The molecule has 0 saturated heterocycles. The maximum absolute atomic E-state index is 12.7. The highest BCUT2D eigenvalue weighted by molar-refractivity contribution is 7.99. The Morgan fingerprint density at radius 1 is 1.46 bits per heavy atom. The third-order valence-corrected chi connectivity index (χ3v) is 4.39. The monoisotopic (exact) mass is 369 g/mol. The third-order valence-electron chi connectivity index (χ3n) is 3.18. The molecule has 8 heteroatoms. The number of methoxy groups -OCH3 is 1. The van der Waals surface area contributed by atoms with Crippen molar-refractivity contribution in [3.63, 3.8) is 0 Å². The van der Waals surface area contributed by atoms with E-state index in [1.54, 1.807) is 25.3 Å². The molecule has 1 aromatic heterocycles. The van der Waals surface area contributed by atoms with Crippen LogP contribution in [0.3, 0.4) is 0 Å². The van der Waals surface area contributed by atoms with Gasteiger partial charge < -0.3 is 10.1 Å². The van der Waals surface area contributed by atoms with Crippen LogP contribution in [0.1, 0.15) is 13.8 Å². The van der Waals surface area contributed by atoms with E-state index in [4.69, 9.17) is 16.3 Å². The molecule has 6 nitrogen and oxygen atoms in total. The molecule has 0 saturated carbocycles. The van der Waals surface area contributed by atoms with Crippen LogP contribution in [0.4, 0.5) is 0 Å². The molecule has 0 aliphatic rings. The van der Waals surface area contributed by atoms with Crippen molar-refractivity contribution in [1.82, 2.24) is 14.9 Å². The summed E-state index contributed by atoms with van der Waals surface area (Å²) >= 11 is 7.22. The summed E-state index contributed by atoms with van der Waals surface area (Å²) in [7, 11) is 1.57. The third kappa shape index (κ3) is 4.72. The van der Waals surface area contributed by atoms with Gasteiger partial charge in [0.2, 0.25) is 5.91 Å². The molecule has 0 radical (unpaired) electrons. The smallest absolute Gasteiger partial charge is 0.262 e.